The normalized spacial score (nSPS) is 21.3. The summed E-state index contributed by atoms with van der Waals surface area (Å²) in [5.74, 6) is 0.863. The molecule has 1 atom stereocenters. The number of carbonyl (C=O) groups is 2. The molecule has 0 saturated carbocycles. The highest BCUT2D eigenvalue weighted by Gasteiger charge is 2.34. The van der Waals surface area contributed by atoms with Crippen LogP contribution >= 0.6 is 0 Å². The number of rotatable bonds is 2. The van der Waals surface area contributed by atoms with Crippen LogP contribution in [-0.4, -0.2) is 49.7 Å². The lowest BCUT2D eigenvalue weighted by molar-refractivity contribution is -0.151. The quantitative estimate of drug-likeness (QED) is 0.769. The van der Waals surface area contributed by atoms with Crippen LogP contribution in [0.2, 0.25) is 0 Å². The summed E-state index contributed by atoms with van der Waals surface area (Å²) >= 11 is 0. The maximum atomic E-state index is 12.5. The lowest BCUT2D eigenvalue weighted by atomic mass is 9.96. The highest BCUT2D eigenvalue weighted by Crippen LogP contribution is 2.31. The number of ether oxygens (including phenoxy) is 3. The van der Waals surface area contributed by atoms with Crippen LogP contribution in [0.15, 0.2) is 24.3 Å². The Labute approximate surface area is 128 Å². The summed E-state index contributed by atoms with van der Waals surface area (Å²) in [5, 5.41) is 0. The van der Waals surface area contributed by atoms with Crippen LogP contribution in [0.3, 0.4) is 0 Å². The smallest absolute Gasteiger partial charge is 0.308 e. The van der Waals surface area contributed by atoms with Crippen LogP contribution in [0, 0.1) is 5.92 Å². The van der Waals surface area contributed by atoms with Gasteiger partial charge in [-0.05, 0) is 25.0 Å². The number of methoxy groups -OCH3 is 1. The number of amides is 1. The molecular weight excluding hydrogens is 286 g/mol. The number of piperidine rings is 1. The standard InChI is InChI=1S/C16H19NO5/c1-20-16(19)11-6-8-17(9-7-11)15(18)14-10-21-12-4-2-3-5-13(12)22-14/h2-5,11,14H,6-10H2,1H3/t14-/m1/s1. The molecule has 0 aliphatic carbocycles. The molecule has 1 amide bonds. The van der Waals surface area contributed by atoms with E-state index in [1.807, 2.05) is 18.2 Å². The molecule has 2 aliphatic rings. The summed E-state index contributed by atoms with van der Waals surface area (Å²) in [5.41, 5.74) is 0. The number of hydrogen-bond donors (Lipinski definition) is 0. The van der Waals surface area contributed by atoms with Crippen molar-refractivity contribution in [2.75, 3.05) is 26.8 Å². The van der Waals surface area contributed by atoms with E-state index in [4.69, 9.17) is 14.2 Å². The van der Waals surface area contributed by atoms with Crippen molar-refractivity contribution in [2.24, 2.45) is 5.92 Å². The topological polar surface area (TPSA) is 65.1 Å². The number of esters is 1. The fourth-order valence-electron chi connectivity index (χ4n) is 2.85. The summed E-state index contributed by atoms with van der Waals surface area (Å²) in [7, 11) is 1.39. The molecule has 2 aliphatic heterocycles. The number of hydrogen-bond acceptors (Lipinski definition) is 5. The van der Waals surface area contributed by atoms with Gasteiger partial charge in [0.1, 0.15) is 6.61 Å². The van der Waals surface area contributed by atoms with Crippen molar-refractivity contribution >= 4 is 11.9 Å². The molecule has 6 heteroatoms. The van der Waals surface area contributed by atoms with Crippen molar-refractivity contribution in [2.45, 2.75) is 18.9 Å². The predicted octanol–water partition coefficient (Wildman–Crippen LogP) is 1.24. The maximum Gasteiger partial charge on any atom is 0.308 e. The average Bonchev–Trinajstić information content (AvgIpc) is 2.60. The van der Waals surface area contributed by atoms with Crippen LogP contribution in [0.25, 0.3) is 0 Å². The third-order valence-electron chi connectivity index (χ3n) is 4.13. The lowest BCUT2D eigenvalue weighted by Crippen LogP contribution is -2.49. The van der Waals surface area contributed by atoms with Crippen molar-refractivity contribution in [3.63, 3.8) is 0 Å². The molecule has 118 valence electrons. The number of carbonyl (C=O) groups excluding carboxylic acids is 2. The maximum absolute atomic E-state index is 12.5. The largest absolute Gasteiger partial charge is 0.485 e. The van der Waals surface area contributed by atoms with Gasteiger partial charge in [0.05, 0.1) is 13.0 Å². The minimum absolute atomic E-state index is 0.0854. The van der Waals surface area contributed by atoms with E-state index in [0.29, 0.717) is 37.4 Å². The third kappa shape index (κ3) is 2.86. The van der Waals surface area contributed by atoms with E-state index >= 15 is 0 Å². The van der Waals surface area contributed by atoms with Gasteiger partial charge in [0, 0.05) is 13.1 Å². The SMILES string of the molecule is COC(=O)C1CCN(C(=O)[C@H]2COc3ccccc3O2)CC1. The molecule has 0 aromatic heterocycles. The van der Waals surface area contributed by atoms with Crippen LogP contribution in [0.1, 0.15) is 12.8 Å². The molecule has 0 bridgehead atoms. The van der Waals surface area contributed by atoms with E-state index < -0.39 is 6.10 Å². The molecule has 0 unspecified atom stereocenters. The highest BCUT2D eigenvalue weighted by atomic mass is 16.6. The first kappa shape index (κ1) is 14.7. The van der Waals surface area contributed by atoms with E-state index in [-0.39, 0.29) is 24.4 Å². The van der Waals surface area contributed by atoms with E-state index in [2.05, 4.69) is 0 Å². The molecule has 6 nitrogen and oxygen atoms in total. The van der Waals surface area contributed by atoms with E-state index in [1.54, 1.807) is 11.0 Å². The molecule has 22 heavy (non-hydrogen) atoms. The van der Waals surface area contributed by atoms with Gasteiger partial charge < -0.3 is 19.1 Å². The van der Waals surface area contributed by atoms with Crippen molar-refractivity contribution < 1.29 is 23.8 Å². The van der Waals surface area contributed by atoms with Gasteiger partial charge in [-0.1, -0.05) is 12.1 Å². The van der Waals surface area contributed by atoms with Gasteiger partial charge in [0.2, 0.25) is 6.10 Å². The van der Waals surface area contributed by atoms with Crippen molar-refractivity contribution in [3.05, 3.63) is 24.3 Å². The second kappa shape index (κ2) is 6.25. The fraction of sp³-hybridized carbons (Fsp3) is 0.500. The monoisotopic (exact) mass is 305 g/mol. The summed E-state index contributed by atoms with van der Waals surface area (Å²) in [6, 6.07) is 7.31. The summed E-state index contributed by atoms with van der Waals surface area (Å²) in [6.07, 6.45) is 0.634. The van der Waals surface area contributed by atoms with Crippen molar-refractivity contribution in [1.82, 2.24) is 4.90 Å². The Bertz CT molecular complexity index is 565. The Morgan fingerprint density at radius 2 is 1.86 bits per heavy atom. The number of para-hydroxylation sites is 2. The zero-order valence-electron chi connectivity index (χ0n) is 12.5. The van der Waals surface area contributed by atoms with Gasteiger partial charge >= 0.3 is 5.97 Å². The zero-order chi connectivity index (χ0) is 15.5. The molecule has 1 saturated heterocycles. The summed E-state index contributed by atoms with van der Waals surface area (Å²) in [6.45, 7) is 1.30. The average molecular weight is 305 g/mol. The molecule has 0 radical (unpaired) electrons. The first-order valence-electron chi connectivity index (χ1n) is 7.44. The summed E-state index contributed by atoms with van der Waals surface area (Å²) < 4.78 is 16.1. The molecular formula is C16H19NO5. The Morgan fingerprint density at radius 1 is 1.18 bits per heavy atom. The summed E-state index contributed by atoms with van der Waals surface area (Å²) in [4.78, 5) is 25.8. The Morgan fingerprint density at radius 3 is 2.55 bits per heavy atom. The van der Waals surface area contributed by atoms with E-state index in [1.165, 1.54) is 7.11 Å². The molecule has 1 aromatic carbocycles. The number of likely N-dealkylation sites (tertiary alicyclic amines) is 1. The Kier molecular flexibility index (Phi) is 4.18. The Hall–Kier alpha value is -2.24. The first-order valence-corrected chi connectivity index (χ1v) is 7.44. The van der Waals surface area contributed by atoms with E-state index in [9.17, 15) is 9.59 Å². The molecule has 0 N–H and O–H groups in total. The second-order valence-electron chi connectivity index (χ2n) is 5.49. The van der Waals surface area contributed by atoms with Gasteiger partial charge in [0.15, 0.2) is 11.5 Å². The molecule has 2 heterocycles. The van der Waals surface area contributed by atoms with Gasteiger partial charge in [0.25, 0.3) is 5.91 Å². The molecule has 1 fully saturated rings. The highest BCUT2D eigenvalue weighted by molar-refractivity contribution is 5.82. The van der Waals surface area contributed by atoms with Gasteiger partial charge in [-0.25, -0.2) is 0 Å². The Balaban J connectivity index is 1.58. The fourth-order valence-corrected chi connectivity index (χ4v) is 2.85. The van der Waals surface area contributed by atoms with Crippen LogP contribution in [0.5, 0.6) is 11.5 Å². The second-order valence-corrected chi connectivity index (χ2v) is 5.49. The first-order chi connectivity index (χ1) is 10.7. The van der Waals surface area contributed by atoms with Gasteiger partial charge in [-0.15, -0.1) is 0 Å². The third-order valence-corrected chi connectivity index (χ3v) is 4.13. The number of benzene rings is 1. The van der Waals surface area contributed by atoms with E-state index in [0.717, 1.165) is 0 Å². The zero-order valence-corrected chi connectivity index (χ0v) is 12.5. The molecule has 1 aromatic rings. The van der Waals surface area contributed by atoms with Crippen LogP contribution in [-0.2, 0) is 14.3 Å². The predicted molar refractivity (Wildman–Crippen MR) is 77.7 cm³/mol. The number of nitrogens with zero attached hydrogens (tertiary/aromatic N) is 1. The molecule has 0 spiro atoms. The van der Waals surface area contributed by atoms with Gasteiger partial charge in [-0.3, -0.25) is 9.59 Å². The van der Waals surface area contributed by atoms with Crippen molar-refractivity contribution in [3.8, 4) is 11.5 Å². The van der Waals surface area contributed by atoms with Crippen LogP contribution < -0.4 is 9.47 Å². The van der Waals surface area contributed by atoms with Crippen molar-refractivity contribution in [1.29, 1.82) is 0 Å². The minimum Gasteiger partial charge on any atom is -0.485 e. The van der Waals surface area contributed by atoms with Gasteiger partial charge in [-0.2, -0.15) is 0 Å². The van der Waals surface area contributed by atoms with Crippen LogP contribution in [0.4, 0.5) is 0 Å². The minimum atomic E-state index is -0.621. The lowest BCUT2D eigenvalue weighted by Gasteiger charge is -2.34. The number of fused-ring (bicyclic) bond motifs is 1. The molecule has 3 rings (SSSR count).